The molecule has 0 fully saturated rings. The van der Waals surface area contributed by atoms with Crippen LogP contribution in [0.1, 0.15) is 27.2 Å². The highest BCUT2D eigenvalue weighted by molar-refractivity contribution is 5.56. The molecule has 106 valence electrons. The smallest absolute Gasteiger partial charge is 0.275 e. The summed E-state index contributed by atoms with van der Waals surface area (Å²) in [7, 11) is 0. The van der Waals surface area contributed by atoms with Crippen LogP contribution in [0.15, 0.2) is 18.2 Å². The lowest BCUT2D eigenvalue weighted by atomic mass is 10.2. The quantitative estimate of drug-likeness (QED) is 0.586. The Labute approximate surface area is 112 Å². The predicted octanol–water partition coefficient (Wildman–Crippen LogP) is 2.56. The van der Waals surface area contributed by atoms with Crippen molar-refractivity contribution in [1.29, 1.82) is 0 Å². The highest BCUT2D eigenvalue weighted by Gasteiger charge is 2.12. The number of hydrogen-bond acceptors (Lipinski definition) is 5. The number of anilines is 1. The molecule has 0 heterocycles. The van der Waals surface area contributed by atoms with Gasteiger partial charge in [0.05, 0.1) is 23.2 Å². The fourth-order valence-electron chi connectivity index (χ4n) is 1.51. The number of hydrogen-bond donors (Lipinski definition) is 2. The maximum absolute atomic E-state index is 10.9. The lowest BCUT2D eigenvalue weighted by molar-refractivity contribution is -0.384. The molecule has 0 saturated carbocycles. The largest absolute Gasteiger partial charge is 0.491 e. The van der Waals surface area contributed by atoms with Crippen molar-refractivity contribution in [1.82, 2.24) is 0 Å². The van der Waals surface area contributed by atoms with E-state index in [1.807, 2.05) is 20.8 Å². The number of nitro benzene ring substituents is 1. The fourth-order valence-corrected chi connectivity index (χ4v) is 1.51. The van der Waals surface area contributed by atoms with Gasteiger partial charge in [-0.25, -0.2) is 0 Å². The first-order valence-corrected chi connectivity index (χ1v) is 6.30. The molecule has 6 nitrogen and oxygen atoms in total. The van der Waals surface area contributed by atoms with E-state index < -0.39 is 11.0 Å². The van der Waals surface area contributed by atoms with Gasteiger partial charge in [-0.1, -0.05) is 6.92 Å². The van der Waals surface area contributed by atoms with Gasteiger partial charge in [0.25, 0.3) is 5.69 Å². The number of nitrogens with zero attached hydrogens (tertiary/aromatic N) is 1. The molecule has 0 aliphatic rings. The summed E-state index contributed by atoms with van der Waals surface area (Å²) in [5.41, 5.74) is 0.531. The normalized spacial score (nSPS) is 12.3. The molecule has 1 atom stereocenters. The van der Waals surface area contributed by atoms with Crippen LogP contribution in [-0.2, 0) is 0 Å². The Bertz CT molecular complexity index is 435. The number of benzene rings is 1. The SMILES string of the molecule is CCC(O)CNc1cc(OC(C)C)cc([N+](=O)[O-])c1. The zero-order valence-electron chi connectivity index (χ0n) is 11.4. The molecule has 2 N–H and O–H groups in total. The third-order valence-corrected chi connectivity index (χ3v) is 2.49. The Hall–Kier alpha value is -1.82. The van der Waals surface area contributed by atoms with Crippen LogP contribution in [0.4, 0.5) is 11.4 Å². The molecule has 0 radical (unpaired) electrons. The van der Waals surface area contributed by atoms with Crippen LogP contribution >= 0.6 is 0 Å². The van der Waals surface area contributed by atoms with Crippen molar-refractivity contribution in [3.63, 3.8) is 0 Å². The standard InChI is InChI=1S/C13H20N2O4/c1-4-12(16)8-14-10-5-11(15(17)18)7-13(6-10)19-9(2)3/h5-7,9,12,14,16H,4,8H2,1-3H3. The molecule has 0 bridgehead atoms. The van der Waals surface area contributed by atoms with Crippen LogP contribution in [0.3, 0.4) is 0 Å². The van der Waals surface area contributed by atoms with Crippen LogP contribution < -0.4 is 10.1 Å². The third kappa shape index (κ3) is 5.13. The van der Waals surface area contributed by atoms with E-state index in [4.69, 9.17) is 4.74 Å². The van der Waals surface area contributed by atoms with Crippen LogP contribution in [0, 0.1) is 10.1 Å². The number of non-ortho nitro benzene ring substituents is 1. The van der Waals surface area contributed by atoms with Gasteiger partial charge in [-0.15, -0.1) is 0 Å². The zero-order chi connectivity index (χ0) is 14.4. The van der Waals surface area contributed by atoms with Gasteiger partial charge in [-0.3, -0.25) is 10.1 Å². The summed E-state index contributed by atoms with van der Waals surface area (Å²) in [6.45, 7) is 5.92. The van der Waals surface area contributed by atoms with Crippen LogP contribution in [0.5, 0.6) is 5.75 Å². The van der Waals surface area contributed by atoms with Gasteiger partial charge in [0.15, 0.2) is 0 Å². The first-order valence-electron chi connectivity index (χ1n) is 6.30. The molecule has 1 aromatic carbocycles. The summed E-state index contributed by atoms with van der Waals surface area (Å²) < 4.78 is 5.47. The molecule has 0 aromatic heterocycles. The number of aliphatic hydroxyl groups is 1. The van der Waals surface area contributed by atoms with Crippen molar-refractivity contribution in [2.45, 2.75) is 39.4 Å². The summed E-state index contributed by atoms with van der Waals surface area (Å²) in [6.07, 6.45) is 0.0851. The van der Waals surface area contributed by atoms with Gasteiger partial charge in [0.2, 0.25) is 0 Å². The minimum absolute atomic E-state index is 0.0355. The number of nitro groups is 1. The van der Waals surface area contributed by atoms with Crippen molar-refractivity contribution < 1.29 is 14.8 Å². The Morgan fingerprint density at radius 1 is 1.42 bits per heavy atom. The number of ether oxygens (including phenoxy) is 1. The van der Waals surface area contributed by atoms with E-state index in [2.05, 4.69) is 5.32 Å². The Kier molecular flexibility index (Phi) is 5.57. The van der Waals surface area contributed by atoms with Crippen molar-refractivity contribution in [2.75, 3.05) is 11.9 Å². The molecular weight excluding hydrogens is 248 g/mol. The Balaban J connectivity index is 2.89. The second-order valence-electron chi connectivity index (χ2n) is 4.58. The highest BCUT2D eigenvalue weighted by atomic mass is 16.6. The second kappa shape index (κ2) is 6.94. The first kappa shape index (κ1) is 15.2. The monoisotopic (exact) mass is 268 g/mol. The van der Waals surface area contributed by atoms with E-state index in [-0.39, 0.29) is 11.8 Å². The fraction of sp³-hybridized carbons (Fsp3) is 0.538. The summed E-state index contributed by atoms with van der Waals surface area (Å²) >= 11 is 0. The van der Waals surface area contributed by atoms with Gasteiger partial charge < -0.3 is 15.2 Å². The summed E-state index contributed by atoms with van der Waals surface area (Å²) in [5, 5.41) is 23.3. The number of nitrogens with one attached hydrogen (secondary N) is 1. The van der Waals surface area contributed by atoms with Crippen molar-refractivity contribution in [2.24, 2.45) is 0 Å². The van der Waals surface area contributed by atoms with Gasteiger partial charge in [-0.2, -0.15) is 0 Å². The van der Waals surface area contributed by atoms with Gasteiger partial charge in [-0.05, 0) is 20.3 Å². The molecule has 0 aliphatic heterocycles. The van der Waals surface area contributed by atoms with Crippen LogP contribution in [0.2, 0.25) is 0 Å². The average molecular weight is 268 g/mol. The summed E-state index contributed by atoms with van der Waals surface area (Å²) in [4.78, 5) is 10.4. The minimum Gasteiger partial charge on any atom is -0.491 e. The Morgan fingerprint density at radius 2 is 2.11 bits per heavy atom. The van der Waals surface area contributed by atoms with Gasteiger partial charge >= 0.3 is 0 Å². The van der Waals surface area contributed by atoms with E-state index in [1.165, 1.54) is 12.1 Å². The van der Waals surface area contributed by atoms with Crippen molar-refractivity contribution >= 4 is 11.4 Å². The van der Waals surface area contributed by atoms with E-state index in [0.29, 0.717) is 24.4 Å². The molecule has 1 unspecified atom stereocenters. The molecule has 19 heavy (non-hydrogen) atoms. The minimum atomic E-state index is -0.478. The molecule has 1 rings (SSSR count). The van der Waals surface area contributed by atoms with E-state index >= 15 is 0 Å². The van der Waals surface area contributed by atoms with E-state index in [9.17, 15) is 15.2 Å². The third-order valence-electron chi connectivity index (χ3n) is 2.49. The molecule has 0 spiro atoms. The molecule has 0 aliphatic carbocycles. The van der Waals surface area contributed by atoms with Gasteiger partial charge in [0.1, 0.15) is 5.75 Å². The molecule has 0 saturated heterocycles. The topological polar surface area (TPSA) is 84.6 Å². The lowest BCUT2D eigenvalue weighted by Gasteiger charge is -2.14. The summed E-state index contributed by atoms with van der Waals surface area (Å²) in [6, 6.07) is 4.51. The van der Waals surface area contributed by atoms with Gasteiger partial charge in [0, 0.05) is 24.4 Å². The Morgan fingerprint density at radius 3 is 2.63 bits per heavy atom. The molecule has 6 heteroatoms. The van der Waals surface area contributed by atoms with E-state index in [1.54, 1.807) is 6.07 Å². The highest BCUT2D eigenvalue weighted by Crippen LogP contribution is 2.26. The predicted molar refractivity (Wildman–Crippen MR) is 73.6 cm³/mol. The number of aliphatic hydroxyl groups excluding tert-OH is 1. The molecular formula is C13H20N2O4. The molecule has 0 amide bonds. The average Bonchev–Trinajstić information content (AvgIpc) is 2.34. The van der Waals surface area contributed by atoms with Crippen molar-refractivity contribution in [3.05, 3.63) is 28.3 Å². The summed E-state index contributed by atoms with van der Waals surface area (Å²) in [5.74, 6) is 0.442. The van der Waals surface area contributed by atoms with Crippen LogP contribution in [-0.4, -0.2) is 28.8 Å². The second-order valence-corrected chi connectivity index (χ2v) is 4.58. The molecule has 1 aromatic rings. The van der Waals surface area contributed by atoms with Crippen LogP contribution in [0.25, 0.3) is 0 Å². The maximum Gasteiger partial charge on any atom is 0.275 e. The lowest BCUT2D eigenvalue weighted by Crippen LogP contribution is -2.18. The van der Waals surface area contributed by atoms with E-state index in [0.717, 1.165) is 0 Å². The number of rotatable bonds is 7. The first-order chi connectivity index (χ1) is 8.92. The van der Waals surface area contributed by atoms with Crippen molar-refractivity contribution in [3.8, 4) is 5.75 Å². The maximum atomic E-state index is 10.9. The zero-order valence-corrected chi connectivity index (χ0v) is 11.4.